The molecule has 0 radical (unpaired) electrons. The average molecular weight is 275 g/mol. The molecule has 0 fully saturated rings. The fourth-order valence-electron chi connectivity index (χ4n) is 1.87. The van der Waals surface area contributed by atoms with Crippen LogP contribution in [0.5, 0.6) is 0 Å². The van der Waals surface area contributed by atoms with Crippen LogP contribution >= 0.6 is 0 Å². The summed E-state index contributed by atoms with van der Waals surface area (Å²) in [5.41, 5.74) is 2.26. The highest BCUT2D eigenvalue weighted by atomic mass is 16.5. The zero-order valence-corrected chi connectivity index (χ0v) is 11.7. The lowest BCUT2D eigenvalue weighted by Crippen LogP contribution is -2.25. The van der Waals surface area contributed by atoms with Crippen LogP contribution in [0.15, 0.2) is 34.9 Å². The van der Waals surface area contributed by atoms with Crippen LogP contribution in [-0.4, -0.2) is 28.9 Å². The molecule has 0 unspecified atom stereocenters. The minimum Gasteiger partial charge on any atom is -0.475 e. The van der Waals surface area contributed by atoms with Crippen LogP contribution in [0.4, 0.5) is 0 Å². The first-order valence-electron chi connectivity index (χ1n) is 6.26. The quantitative estimate of drug-likeness (QED) is 0.908. The summed E-state index contributed by atoms with van der Waals surface area (Å²) >= 11 is 0. The van der Waals surface area contributed by atoms with E-state index in [1.165, 1.54) is 6.07 Å². The Morgan fingerprint density at radius 3 is 2.50 bits per heavy atom. The van der Waals surface area contributed by atoms with Crippen molar-refractivity contribution in [1.29, 1.82) is 0 Å². The number of carboxylic acids is 1. The Kier molecular flexibility index (Phi) is 3.90. The van der Waals surface area contributed by atoms with Crippen molar-refractivity contribution in [3.8, 4) is 11.3 Å². The summed E-state index contributed by atoms with van der Waals surface area (Å²) in [5.74, 6) is -1.29. The van der Waals surface area contributed by atoms with Gasteiger partial charge in [-0.15, -0.1) is 0 Å². The van der Waals surface area contributed by atoms with Crippen LogP contribution in [0.3, 0.4) is 0 Å². The van der Waals surface area contributed by atoms with Crippen molar-refractivity contribution in [2.24, 2.45) is 0 Å². The van der Waals surface area contributed by atoms with Gasteiger partial charge in [0.05, 0.1) is 5.60 Å². The van der Waals surface area contributed by atoms with Crippen molar-refractivity contribution in [1.82, 2.24) is 5.16 Å². The van der Waals surface area contributed by atoms with Gasteiger partial charge in [0.25, 0.3) is 0 Å². The van der Waals surface area contributed by atoms with Crippen molar-refractivity contribution >= 4 is 5.97 Å². The normalized spacial score (nSPS) is 11.6. The van der Waals surface area contributed by atoms with Crippen LogP contribution in [0, 0.1) is 0 Å². The first-order chi connectivity index (χ1) is 9.41. The van der Waals surface area contributed by atoms with E-state index in [-0.39, 0.29) is 11.4 Å². The lowest BCUT2D eigenvalue weighted by Gasteiger charge is -2.22. The molecule has 0 spiro atoms. The van der Waals surface area contributed by atoms with Crippen LogP contribution in [0.25, 0.3) is 11.3 Å². The van der Waals surface area contributed by atoms with Gasteiger partial charge in [-0.25, -0.2) is 4.79 Å². The molecule has 0 aliphatic rings. The third-order valence-corrected chi connectivity index (χ3v) is 3.15. The van der Waals surface area contributed by atoms with Crippen LogP contribution < -0.4 is 0 Å². The number of benzene rings is 1. The summed E-state index contributed by atoms with van der Waals surface area (Å²) in [6, 6.07) is 9.15. The second-order valence-electron chi connectivity index (χ2n) is 5.22. The number of rotatable bonds is 5. The zero-order chi connectivity index (χ0) is 14.8. The van der Waals surface area contributed by atoms with E-state index < -0.39 is 5.97 Å². The predicted molar refractivity (Wildman–Crippen MR) is 73.7 cm³/mol. The SMILES string of the molecule is COC(C)(C)Cc1ccc(-c2cc(C(=O)O)on2)cc1. The van der Waals surface area contributed by atoms with Crippen LogP contribution in [0.1, 0.15) is 30.0 Å². The number of carbonyl (C=O) groups is 1. The van der Waals surface area contributed by atoms with E-state index in [2.05, 4.69) is 5.16 Å². The Labute approximate surface area is 117 Å². The van der Waals surface area contributed by atoms with Gasteiger partial charge in [0.15, 0.2) is 0 Å². The molecule has 1 N–H and O–H groups in total. The van der Waals surface area contributed by atoms with E-state index in [1.807, 2.05) is 38.1 Å². The number of aromatic nitrogens is 1. The monoisotopic (exact) mass is 275 g/mol. The minimum atomic E-state index is -1.12. The maximum absolute atomic E-state index is 10.7. The summed E-state index contributed by atoms with van der Waals surface area (Å²) in [5, 5.41) is 12.5. The van der Waals surface area contributed by atoms with E-state index in [1.54, 1.807) is 7.11 Å². The summed E-state index contributed by atoms with van der Waals surface area (Å²) < 4.78 is 10.1. The molecule has 5 nitrogen and oxygen atoms in total. The molecule has 2 aromatic rings. The lowest BCUT2D eigenvalue weighted by atomic mass is 9.97. The van der Waals surface area contributed by atoms with Gasteiger partial charge in [-0.1, -0.05) is 29.4 Å². The molecule has 0 atom stereocenters. The summed E-state index contributed by atoms with van der Waals surface area (Å²) in [6.45, 7) is 4.05. The van der Waals surface area contributed by atoms with Crippen molar-refractivity contribution in [2.75, 3.05) is 7.11 Å². The molecular weight excluding hydrogens is 258 g/mol. The molecule has 0 saturated carbocycles. The van der Waals surface area contributed by atoms with Crippen molar-refractivity contribution in [3.05, 3.63) is 41.7 Å². The average Bonchev–Trinajstić information content (AvgIpc) is 2.89. The van der Waals surface area contributed by atoms with E-state index in [0.717, 1.165) is 17.5 Å². The van der Waals surface area contributed by atoms with Crippen molar-refractivity contribution in [2.45, 2.75) is 25.9 Å². The van der Waals surface area contributed by atoms with Gasteiger partial charge in [-0.3, -0.25) is 0 Å². The van der Waals surface area contributed by atoms with E-state index >= 15 is 0 Å². The first kappa shape index (κ1) is 14.3. The minimum absolute atomic E-state index is 0.162. The molecule has 2 rings (SSSR count). The standard InChI is InChI=1S/C15H17NO4/c1-15(2,19-3)9-10-4-6-11(7-5-10)12-8-13(14(17)18)20-16-12/h4-8H,9H2,1-3H3,(H,17,18). The molecule has 1 aromatic carbocycles. The van der Waals surface area contributed by atoms with Gasteiger partial charge in [0.2, 0.25) is 5.76 Å². The molecule has 1 heterocycles. The maximum Gasteiger partial charge on any atom is 0.374 e. The maximum atomic E-state index is 10.7. The number of carboxylic acid groups (broad SMARTS) is 1. The zero-order valence-electron chi connectivity index (χ0n) is 11.7. The highest BCUT2D eigenvalue weighted by molar-refractivity contribution is 5.85. The second kappa shape index (κ2) is 5.46. The van der Waals surface area contributed by atoms with Gasteiger partial charge in [-0.05, 0) is 19.4 Å². The Morgan fingerprint density at radius 1 is 1.35 bits per heavy atom. The van der Waals surface area contributed by atoms with E-state index in [4.69, 9.17) is 14.4 Å². The molecule has 0 amide bonds. The second-order valence-corrected chi connectivity index (χ2v) is 5.22. The van der Waals surface area contributed by atoms with Gasteiger partial charge in [0.1, 0.15) is 5.69 Å². The third kappa shape index (κ3) is 3.24. The summed E-state index contributed by atoms with van der Waals surface area (Å²) in [4.78, 5) is 10.7. The molecule has 1 aromatic heterocycles. The molecule has 0 bridgehead atoms. The van der Waals surface area contributed by atoms with Gasteiger partial charge in [0, 0.05) is 25.2 Å². The number of nitrogens with zero attached hydrogens (tertiary/aromatic N) is 1. The van der Waals surface area contributed by atoms with Gasteiger partial charge in [-0.2, -0.15) is 0 Å². The lowest BCUT2D eigenvalue weighted by molar-refractivity contribution is 0.0232. The van der Waals surface area contributed by atoms with Gasteiger partial charge >= 0.3 is 5.97 Å². The number of methoxy groups -OCH3 is 1. The topological polar surface area (TPSA) is 72.6 Å². The smallest absolute Gasteiger partial charge is 0.374 e. The molecule has 0 aliphatic heterocycles. The Morgan fingerprint density at radius 2 is 2.00 bits per heavy atom. The molecule has 5 heteroatoms. The number of ether oxygens (including phenoxy) is 1. The highest BCUT2D eigenvalue weighted by Gasteiger charge is 2.17. The predicted octanol–water partition coefficient (Wildman–Crippen LogP) is 3.01. The van der Waals surface area contributed by atoms with Crippen LogP contribution in [-0.2, 0) is 11.2 Å². The highest BCUT2D eigenvalue weighted by Crippen LogP contribution is 2.22. The first-order valence-corrected chi connectivity index (χ1v) is 6.26. The summed E-state index contributed by atoms with van der Waals surface area (Å²) in [6.07, 6.45) is 0.795. The van der Waals surface area contributed by atoms with Crippen molar-refractivity contribution < 1.29 is 19.2 Å². The number of hydrogen-bond acceptors (Lipinski definition) is 4. The number of hydrogen-bond donors (Lipinski definition) is 1. The van der Waals surface area contributed by atoms with E-state index in [0.29, 0.717) is 5.69 Å². The Balaban J connectivity index is 2.17. The number of aromatic carboxylic acids is 1. The molecule has 0 aliphatic carbocycles. The third-order valence-electron chi connectivity index (χ3n) is 3.15. The molecular formula is C15H17NO4. The fraction of sp³-hybridized carbons (Fsp3) is 0.333. The van der Waals surface area contributed by atoms with E-state index in [9.17, 15) is 4.79 Å². The van der Waals surface area contributed by atoms with Crippen molar-refractivity contribution in [3.63, 3.8) is 0 Å². The fourth-order valence-corrected chi connectivity index (χ4v) is 1.87. The van der Waals surface area contributed by atoms with Gasteiger partial charge < -0.3 is 14.4 Å². The summed E-state index contributed by atoms with van der Waals surface area (Å²) in [7, 11) is 1.69. The largest absolute Gasteiger partial charge is 0.475 e. The Hall–Kier alpha value is -2.14. The molecule has 106 valence electrons. The molecule has 0 saturated heterocycles. The Bertz CT molecular complexity index is 599. The molecule has 20 heavy (non-hydrogen) atoms. The van der Waals surface area contributed by atoms with Crippen LogP contribution in [0.2, 0.25) is 0 Å².